The van der Waals surface area contributed by atoms with E-state index in [1.54, 1.807) is 0 Å². The summed E-state index contributed by atoms with van der Waals surface area (Å²) in [7, 11) is 0. The second-order valence-corrected chi connectivity index (χ2v) is 6.82. The second-order valence-electron chi connectivity index (χ2n) is 6.82. The van der Waals surface area contributed by atoms with Crippen molar-refractivity contribution in [2.45, 2.75) is 71.9 Å². The standard InChI is InChI=1S/C15H27NO3/c1-10(2)13(14(18)19-15(3,4)5)16-12(17)9-11-7-6-8-11/h10-11,13H,6-9H2,1-5H3,(H,16,17)/t13-/m1/s1. The molecule has 1 atom stereocenters. The summed E-state index contributed by atoms with van der Waals surface area (Å²) in [5, 5.41) is 2.82. The van der Waals surface area contributed by atoms with Crippen LogP contribution in [0.15, 0.2) is 0 Å². The highest BCUT2D eigenvalue weighted by molar-refractivity contribution is 5.85. The maximum Gasteiger partial charge on any atom is 0.329 e. The average molecular weight is 269 g/mol. The van der Waals surface area contributed by atoms with E-state index in [1.165, 1.54) is 6.42 Å². The molecule has 1 rings (SSSR count). The zero-order valence-corrected chi connectivity index (χ0v) is 12.8. The minimum absolute atomic E-state index is 0.0280. The summed E-state index contributed by atoms with van der Waals surface area (Å²) >= 11 is 0. The third-order valence-corrected chi connectivity index (χ3v) is 3.34. The van der Waals surface area contributed by atoms with Crippen LogP contribution in [0.5, 0.6) is 0 Å². The normalized spacial score (nSPS) is 17.8. The number of esters is 1. The molecule has 110 valence electrons. The van der Waals surface area contributed by atoms with Gasteiger partial charge in [0.1, 0.15) is 11.6 Å². The summed E-state index contributed by atoms with van der Waals surface area (Å²) in [5.74, 6) is 0.158. The second kappa shape index (κ2) is 6.40. The summed E-state index contributed by atoms with van der Waals surface area (Å²) in [6.45, 7) is 9.33. The molecule has 0 spiro atoms. The third kappa shape index (κ3) is 5.62. The Morgan fingerprint density at radius 3 is 2.21 bits per heavy atom. The van der Waals surface area contributed by atoms with Crippen molar-refractivity contribution in [3.8, 4) is 0 Å². The lowest BCUT2D eigenvalue weighted by Crippen LogP contribution is -2.47. The first kappa shape index (κ1) is 16.0. The molecular weight excluding hydrogens is 242 g/mol. The van der Waals surface area contributed by atoms with Crippen LogP contribution in [0.25, 0.3) is 0 Å². The summed E-state index contributed by atoms with van der Waals surface area (Å²) in [5.41, 5.74) is -0.525. The van der Waals surface area contributed by atoms with Gasteiger partial charge in [0.05, 0.1) is 0 Å². The predicted octanol–water partition coefficient (Wildman–Crippen LogP) is 2.66. The van der Waals surface area contributed by atoms with E-state index in [0.717, 1.165) is 12.8 Å². The monoisotopic (exact) mass is 269 g/mol. The highest BCUT2D eigenvalue weighted by atomic mass is 16.6. The molecule has 4 heteroatoms. The maximum absolute atomic E-state index is 12.1. The van der Waals surface area contributed by atoms with Crippen molar-refractivity contribution in [3.63, 3.8) is 0 Å². The fraction of sp³-hybridized carbons (Fsp3) is 0.867. The van der Waals surface area contributed by atoms with Crippen molar-refractivity contribution in [1.82, 2.24) is 5.32 Å². The lowest BCUT2D eigenvalue weighted by molar-refractivity contribution is -0.160. The number of ether oxygens (including phenoxy) is 1. The molecule has 19 heavy (non-hydrogen) atoms. The number of carbonyl (C=O) groups is 2. The Bertz CT molecular complexity index is 327. The Morgan fingerprint density at radius 2 is 1.84 bits per heavy atom. The van der Waals surface area contributed by atoms with Crippen LogP contribution in [0, 0.1) is 11.8 Å². The third-order valence-electron chi connectivity index (χ3n) is 3.34. The number of carbonyl (C=O) groups excluding carboxylic acids is 2. The molecule has 0 radical (unpaired) electrons. The zero-order chi connectivity index (χ0) is 14.6. The lowest BCUT2D eigenvalue weighted by Gasteiger charge is -2.28. The van der Waals surface area contributed by atoms with Gasteiger partial charge >= 0.3 is 5.97 Å². The average Bonchev–Trinajstić information content (AvgIpc) is 2.16. The molecule has 0 unspecified atom stereocenters. The zero-order valence-electron chi connectivity index (χ0n) is 12.8. The Balaban J connectivity index is 2.51. The molecule has 0 aromatic carbocycles. The summed E-state index contributed by atoms with van der Waals surface area (Å²) < 4.78 is 5.35. The summed E-state index contributed by atoms with van der Waals surface area (Å²) in [4.78, 5) is 24.0. The predicted molar refractivity (Wildman–Crippen MR) is 74.6 cm³/mol. The van der Waals surface area contributed by atoms with Crippen LogP contribution in [-0.4, -0.2) is 23.5 Å². The molecule has 0 aliphatic heterocycles. The molecule has 1 amide bonds. The van der Waals surface area contributed by atoms with Crippen molar-refractivity contribution < 1.29 is 14.3 Å². The van der Waals surface area contributed by atoms with Gasteiger partial charge in [-0.3, -0.25) is 4.79 Å². The molecule has 0 heterocycles. The van der Waals surface area contributed by atoms with Crippen LogP contribution >= 0.6 is 0 Å². The van der Waals surface area contributed by atoms with Crippen molar-refractivity contribution in [2.75, 3.05) is 0 Å². The maximum atomic E-state index is 12.1. The molecule has 1 saturated carbocycles. The number of hydrogen-bond acceptors (Lipinski definition) is 3. The van der Waals surface area contributed by atoms with Crippen LogP contribution in [0.1, 0.15) is 60.3 Å². The Labute approximate surface area is 116 Å². The minimum atomic E-state index is -0.549. The number of hydrogen-bond donors (Lipinski definition) is 1. The van der Waals surface area contributed by atoms with E-state index in [2.05, 4.69) is 5.32 Å². The van der Waals surface area contributed by atoms with E-state index < -0.39 is 11.6 Å². The summed E-state index contributed by atoms with van der Waals surface area (Å²) in [6, 6.07) is -0.549. The van der Waals surface area contributed by atoms with E-state index in [4.69, 9.17) is 4.74 Å². The van der Waals surface area contributed by atoms with Gasteiger partial charge in [0.25, 0.3) is 0 Å². The van der Waals surface area contributed by atoms with Crippen LogP contribution in [-0.2, 0) is 14.3 Å². The smallest absolute Gasteiger partial charge is 0.329 e. The highest BCUT2D eigenvalue weighted by Crippen LogP contribution is 2.29. The van der Waals surface area contributed by atoms with Gasteiger partial charge in [0, 0.05) is 6.42 Å². The molecule has 1 fully saturated rings. The molecule has 1 N–H and O–H groups in total. The topological polar surface area (TPSA) is 55.4 Å². The summed E-state index contributed by atoms with van der Waals surface area (Å²) in [6.07, 6.45) is 4.02. The van der Waals surface area contributed by atoms with Gasteiger partial charge in [0.15, 0.2) is 0 Å². The fourth-order valence-corrected chi connectivity index (χ4v) is 2.05. The van der Waals surface area contributed by atoms with Gasteiger partial charge in [-0.25, -0.2) is 4.79 Å². The number of rotatable bonds is 5. The number of nitrogens with one attached hydrogen (secondary N) is 1. The molecule has 0 bridgehead atoms. The largest absolute Gasteiger partial charge is 0.458 e. The molecule has 0 aromatic heterocycles. The van der Waals surface area contributed by atoms with E-state index in [9.17, 15) is 9.59 Å². The lowest BCUT2D eigenvalue weighted by atomic mass is 9.83. The minimum Gasteiger partial charge on any atom is -0.458 e. The quantitative estimate of drug-likeness (QED) is 0.781. The van der Waals surface area contributed by atoms with Gasteiger partial charge in [0.2, 0.25) is 5.91 Å². The fourth-order valence-electron chi connectivity index (χ4n) is 2.05. The SMILES string of the molecule is CC(C)[C@@H](NC(=O)CC1CCC1)C(=O)OC(C)(C)C. The molecule has 1 aliphatic carbocycles. The Hall–Kier alpha value is -1.06. The molecule has 1 aliphatic rings. The van der Waals surface area contributed by atoms with Crippen molar-refractivity contribution in [2.24, 2.45) is 11.8 Å². The first-order valence-electron chi connectivity index (χ1n) is 7.21. The Morgan fingerprint density at radius 1 is 1.26 bits per heavy atom. The van der Waals surface area contributed by atoms with E-state index in [0.29, 0.717) is 12.3 Å². The molecular formula is C15H27NO3. The number of amides is 1. The Kier molecular flexibility index (Phi) is 5.39. The van der Waals surface area contributed by atoms with Crippen LogP contribution in [0.2, 0.25) is 0 Å². The van der Waals surface area contributed by atoms with E-state index in [1.807, 2.05) is 34.6 Å². The van der Waals surface area contributed by atoms with Crippen molar-refractivity contribution >= 4 is 11.9 Å². The van der Waals surface area contributed by atoms with Crippen LogP contribution < -0.4 is 5.32 Å². The molecule has 4 nitrogen and oxygen atoms in total. The van der Waals surface area contributed by atoms with Crippen LogP contribution in [0.3, 0.4) is 0 Å². The van der Waals surface area contributed by atoms with E-state index >= 15 is 0 Å². The van der Waals surface area contributed by atoms with Gasteiger partial charge in [-0.1, -0.05) is 20.3 Å². The highest BCUT2D eigenvalue weighted by Gasteiger charge is 2.30. The van der Waals surface area contributed by atoms with Crippen LogP contribution in [0.4, 0.5) is 0 Å². The van der Waals surface area contributed by atoms with Crippen molar-refractivity contribution in [1.29, 1.82) is 0 Å². The first-order chi connectivity index (χ1) is 8.69. The van der Waals surface area contributed by atoms with Gasteiger partial charge in [-0.2, -0.15) is 0 Å². The first-order valence-corrected chi connectivity index (χ1v) is 7.21. The van der Waals surface area contributed by atoms with Gasteiger partial charge in [-0.05, 0) is 45.4 Å². The van der Waals surface area contributed by atoms with Crippen molar-refractivity contribution in [3.05, 3.63) is 0 Å². The molecule has 0 aromatic rings. The molecule has 0 saturated heterocycles. The van der Waals surface area contributed by atoms with Gasteiger partial charge in [-0.15, -0.1) is 0 Å². The van der Waals surface area contributed by atoms with Gasteiger partial charge < -0.3 is 10.1 Å². The van der Waals surface area contributed by atoms with E-state index in [-0.39, 0.29) is 17.8 Å².